The van der Waals surface area contributed by atoms with Crippen LogP contribution < -0.4 is 4.90 Å². The van der Waals surface area contributed by atoms with E-state index in [4.69, 9.17) is 11.6 Å². The minimum atomic E-state index is 0.0674. The Bertz CT molecular complexity index is 662. The van der Waals surface area contributed by atoms with Crippen molar-refractivity contribution in [2.45, 2.75) is 13.8 Å². The maximum atomic E-state index is 12.0. The molecule has 0 aliphatic carbocycles. The molecule has 0 bridgehead atoms. The number of rotatable bonds is 2. The third-order valence-electron chi connectivity index (χ3n) is 3.71. The molecule has 21 heavy (non-hydrogen) atoms. The molecule has 0 atom stereocenters. The lowest BCUT2D eigenvalue weighted by Gasteiger charge is -2.35. The molecule has 1 amide bonds. The van der Waals surface area contributed by atoms with Crippen molar-refractivity contribution in [3.05, 3.63) is 23.2 Å². The Labute approximate surface area is 133 Å². The zero-order valence-corrected chi connectivity index (χ0v) is 13.7. The number of thiazole rings is 1. The van der Waals surface area contributed by atoms with Crippen LogP contribution in [0.3, 0.4) is 0 Å². The van der Waals surface area contributed by atoms with Gasteiger partial charge in [0, 0.05) is 32.1 Å². The summed E-state index contributed by atoms with van der Waals surface area (Å²) in [6, 6.07) is 5.86. The molecule has 1 aromatic heterocycles. The molecule has 2 aromatic rings. The number of fused-ring (bicyclic) bond motifs is 1. The SMILES string of the molecule is CC(C)C(=O)N1CCN(c2nc3c(Cl)cccc3s2)CC1. The third-order valence-corrected chi connectivity index (χ3v) is 5.10. The number of nitrogens with zero attached hydrogens (tertiary/aromatic N) is 3. The number of para-hydroxylation sites is 1. The molecule has 0 spiro atoms. The molecule has 1 aliphatic rings. The van der Waals surface area contributed by atoms with E-state index in [1.807, 2.05) is 36.9 Å². The number of halogens is 1. The molecule has 4 nitrogen and oxygen atoms in total. The Hall–Kier alpha value is -1.33. The molecule has 6 heteroatoms. The van der Waals surface area contributed by atoms with Crippen molar-refractivity contribution < 1.29 is 4.79 Å². The quantitative estimate of drug-likeness (QED) is 0.851. The van der Waals surface area contributed by atoms with Crippen LogP contribution in [0.1, 0.15) is 13.8 Å². The van der Waals surface area contributed by atoms with Crippen molar-refractivity contribution in [1.82, 2.24) is 9.88 Å². The number of benzene rings is 1. The summed E-state index contributed by atoms with van der Waals surface area (Å²) < 4.78 is 1.11. The zero-order chi connectivity index (χ0) is 15.0. The first-order valence-electron chi connectivity index (χ1n) is 7.15. The lowest BCUT2D eigenvalue weighted by molar-refractivity contribution is -0.134. The van der Waals surface area contributed by atoms with Gasteiger partial charge >= 0.3 is 0 Å². The summed E-state index contributed by atoms with van der Waals surface area (Å²) in [4.78, 5) is 20.8. The van der Waals surface area contributed by atoms with Crippen molar-refractivity contribution >= 4 is 44.2 Å². The fourth-order valence-electron chi connectivity index (χ4n) is 2.52. The highest BCUT2D eigenvalue weighted by Crippen LogP contribution is 2.33. The van der Waals surface area contributed by atoms with Crippen LogP contribution >= 0.6 is 22.9 Å². The number of hydrogen-bond donors (Lipinski definition) is 0. The average Bonchev–Trinajstić information content (AvgIpc) is 2.92. The lowest BCUT2D eigenvalue weighted by atomic mass is 10.2. The molecule has 3 rings (SSSR count). The second kappa shape index (κ2) is 5.81. The van der Waals surface area contributed by atoms with E-state index < -0.39 is 0 Å². The van der Waals surface area contributed by atoms with Crippen molar-refractivity contribution in [2.75, 3.05) is 31.1 Å². The Morgan fingerprint density at radius 1 is 1.29 bits per heavy atom. The van der Waals surface area contributed by atoms with E-state index in [0.717, 1.165) is 41.5 Å². The van der Waals surface area contributed by atoms with E-state index in [1.54, 1.807) is 11.3 Å². The molecule has 0 unspecified atom stereocenters. The highest BCUT2D eigenvalue weighted by atomic mass is 35.5. The minimum absolute atomic E-state index is 0.0674. The Morgan fingerprint density at radius 2 is 2.00 bits per heavy atom. The predicted octanol–water partition coefficient (Wildman–Crippen LogP) is 3.25. The van der Waals surface area contributed by atoms with E-state index in [0.29, 0.717) is 5.02 Å². The van der Waals surface area contributed by atoms with Crippen molar-refractivity contribution in [1.29, 1.82) is 0 Å². The molecule has 112 valence electrons. The van der Waals surface area contributed by atoms with Gasteiger partial charge in [-0.3, -0.25) is 4.79 Å². The Morgan fingerprint density at radius 3 is 2.62 bits per heavy atom. The van der Waals surface area contributed by atoms with E-state index >= 15 is 0 Å². The van der Waals surface area contributed by atoms with Gasteiger partial charge in [0.15, 0.2) is 5.13 Å². The summed E-state index contributed by atoms with van der Waals surface area (Å²) in [5.74, 6) is 0.305. The largest absolute Gasteiger partial charge is 0.345 e. The maximum absolute atomic E-state index is 12.0. The highest BCUT2D eigenvalue weighted by molar-refractivity contribution is 7.22. The third kappa shape index (κ3) is 2.85. The van der Waals surface area contributed by atoms with Gasteiger partial charge in [0.25, 0.3) is 0 Å². The van der Waals surface area contributed by atoms with Gasteiger partial charge in [-0.25, -0.2) is 4.98 Å². The number of hydrogen-bond acceptors (Lipinski definition) is 4. The molecule has 1 saturated heterocycles. The first-order valence-corrected chi connectivity index (χ1v) is 8.34. The second-order valence-electron chi connectivity index (χ2n) is 5.55. The summed E-state index contributed by atoms with van der Waals surface area (Å²) in [5.41, 5.74) is 0.875. The summed E-state index contributed by atoms with van der Waals surface area (Å²) in [6.07, 6.45) is 0. The fourth-order valence-corrected chi connectivity index (χ4v) is 3.84. The van der Waals surface area contributed by atoms with Crippen molar-refractivity contribution in [3.8, 4) is 0 Å². The lowest BCUT2D eigenvalue weighted by Crippen LogP contribution is -2.49. The topological polar surface area (TPSA) is 36.4 Å². The monoisotopic (exact) mass is 323 g/mol. The van der Waals surface area contributed by atoms with Gasteiger partial charge in [-0.1, -0.05) is 42.9 Å². The van der Waals surface area contributed by atoms with Crippen molar-refractivity contribution in [3.63, 3.8) is 0 Å². The van der Waals surface area contributed by atoms with Crippen LogP contribution in [0.15, 0.2) is 18.2 Å². The second-order valence-corrected chi connectivity index (χ2v) is 6.97. The summed E-state index contributed by atoms with van der Waals surface area (Å²) in [6.45, 7) is 7.08. The van der Waals surface area contributed by atoms with Gasteiger partial charge in [-0.15, -0.1) is 0 Å². The molecule has 0 radical (unpaired) electrons. The fraction of sp³-hybridized carbons (Fsp3) is 0.467. The number of piperazine rings is 1. The van der Waals surface area contributed by atoms with Gasteiger partial charge in [-0.2, -0.15) is 0 Å². The van der Waals surface area contributed by atoms with Gasteiger partial charge < -0.3 is 9.80 Å². The molecule has 1 fully saturated rings. The molecule has 1 aliphatic heterocycles. The Balaban J connectivity index is 1.74. The van der Waals surface area contributed by atoms with Crippen LogP contribution in [-0.2, 0) is 4.79 Å². The van der Waals surface area contributed by atoms with E-state index in [-0.39, 0.29) is 11.8 Å². The first kappa shape index (κ1) is 14.6. The Kier molecular flexibility index (Phi) is 4.04. The van der Waals surface area contributed by atoms with Crippen LogP contribution in [0.4, 0.5) is 5.13 Å². The average molecular weight is 324 g/mol. The smallest absolute Gasteiger partial charge is 0.225 e. The van der Waals surface area contributed by atoms with Crippen LogP contribution in [0, 0.1) is 5.92 Å². The summed E-state index contributed by atoms with van der Waals surface area (Å²) in [7, 11) is 0. The number of carbonyl (C=O) groups excluding carboxylic acids is 1. The summed E-state index contributed by atoms with van der Waals surface area (Å²) in [5, 5.41) is 1.69. The summed E-state index contributed by atoms with van der Waals surface area (Å²) >= 11 is 7.84. The number of aromatic nitrogens is 1. The first-order chi connectivity index (χ1) is 10.1. The van der Waals surface area contributed by atoms with E-state index in [2.05, 4.69) is 9.88 Å². The van der Waals surface area contributed by atoms with Crippen LogP contribution in [0.5, 0.6) is 0 Å². The van der Waals surface area contributed by atoms with Crippen LogP contribution in [0.2, 0.25) is 5.02 Å². The number of carbonyl (C=O) groups is 1. The molecule has 1 aromatic carbocycles. The normalized spacial score (nSPS) is 16.0. The van der Waals surface area contributed by atoms with E-state index in [1.165, 1.54) is 0 Å². The predicted molar refractivity (Wildman–Crippen MR) is 88.3 cm³/mol. The van der Waals surface area contributed by atoms with Gasteiger partial charge in [0.2, 0.25) is 5.91 Å². The molecule has 0 N–H and O–H groups in total. The highest BCUT2D eigenvalue weighted by Gasteiger charge is 2.24. The minimum Gasteiger partial charge on any atom is -0.345 e. The van der Waals surface area contributed by atoms with Crippen molar-refractivity contribution in [2.24, 2.45) is 5.92 Å². The standard InChI is InChI=1S/C15H18ClN3OS/c1-10(2)14(20)18-6-8-19(9-7-18)15-17-13-11(16)4-3-5-12(13)21-15/h3-5,10H,6-9H2,1-2H3. The van der Waals surface area contributed by atoms with Gasteiger partial charge in [-0.05, 0) is 12.1 Å². The molecular formula is C15H18ClN3OS. The molecule has 2 heterocycles. The number of amides is 1. The van der Waals surface area contributed by atoms with Gasteiger partial charge in [0.1, 0.15) is 5.52 Å². The molecule has 0 saturated carbocycles. The van der Waals surface area contributed by atoms with Crippen LogP contribution in [0.25, 0.3) is 10.2 Å². The maximum Gasteiger partial charge on any atom is 0.225 e. The van der Waals surface area contributed by atoms with E-state index in [9.17, 15) is 4.79 Å². The number of anilines is 1. The van der Waals surface area contributed by atoms with Gasteiger partial charge in [0.05, 0.1) is 9.72 Å². The molecular weight excluding hydrogens is 306 g/mol. The zero-order valence-electron chi connectivity index (χ0n) is 12.2. The van der Waals surface area contributed by atoms with Crippen LogP contribution in [-0.4, -0.2) is 42.0 Å².